The molecule has 0 aromatic heterocycles. The molecule has 2 rings (SSSR count). The maximum absolute atomic E-state index is 13.4. The van der Waals surface area contributed by atoms with Gasteiger partial charge >= 0.3 is 0 Å². The van der Waals surface area contributed by atoms with Crippen LogP contribution in [-0.4, -0.2) is 0 Å². The predicted octanol–water partition coefficient (Wildman–Crippen LogP) is 4.06. The fraction of sp³-hybridized carbons (Fsp3) is 0.133. The maximum atomic E-state index is 13.4. The smallest absolute Gasteiger partial charge is 0.128 e. The van der Waals surface area contributed by atoms with Crippen LogP contribution in [0.1, 0.15) is 16.7 Å². The van der Waals surface area contributed by atoms with Gasteiger partial charge in [0, 0.05) is 11.4 Å². The van der Waals surface area contributed by atoms with E-state index in [1.165, 1.54) is 6.07 Å². The predicted molar refractivity (Wildman–Crippen MR) is 70.3 cm³/mol. The van der Waals surface area contributed by atoms with Gasteiger partial charge in [-0.3, -0.25) is 0 Å². The number of halogens is 1. The number of nitrogens with one attached hydrogen (secondary N) is 1. The van der Waals surface area contributed by atoms with Gasteiger partial charge in [-0.2, -0.15) is 5.26 Å². The van der Waals surface area contributed by atoms with Gasteiger partial charge < -0.3 is 5.32 Å². The first-order valence-electron chi connectivity index (χ1n) is 5.64. The summed E-state index contributed by atoms with van der Waals surface area (Å²) in [7, 11) is 0. The Bertz CT molecular complexity index is 627. The Balaban J connectivity index is 2.26. The molecule has 0 aliphatic carbocycles. The highest BCUT2D eigenvalue weighted by Crippen LogP contribution is 2.21. The van der Waals surface area contributed by atoms with Crippen molar-refractivity contribution >= 4 is 11.4 Å². The van der Waals surface area contributed by atoms with Crippen LogP contribution < -0.4 is 5.32 Å². The Morgan fingerprint density at radius 3 is 2.28 bits per heavy atom. The van der Waals surface area contributed by atoms with Crippen LogP contribution in [0.15, 0.2) is 36.4 Å². The number of benzene rings is 2. The van der Waals surface area contributed by atoms with E-state index >= 15 is 0 Å². The zero-order valence-corrected chi connectivity index (χ0v) is 10.3. The summed E-state index contributed by atoms with van der Waals surface area (Å²) in [6.45, 7) is 3.60. The van der Waals surface area contributed by atoms with Crippen LogP contribution in [0.3, 0.4) is 0 Å². The molecule has 2 nitrogen and oxygen atoms in total. The van der Waals surface area contributed by atoms with Gasteiger partial charge in [0.25, 0.3) is 0 Å². The lowest BCUT2D eigenvalue weighted by Gasteiger charge is -2.08. The van der Waals surface area contributed by atoms with Gasteiger partial charge in [-0.25, -0.2) is 4.39 Å². The summed E-state index contributed by atoms with van der Waals surface area (Å²) in [5, 5.41) is 12.0. The van der Waals surface area contributed by atoms with Crippen LogP contribution in [0.25, 0.3) is 0 Å². The summed E-state index contributed by atoms with van der Waals surface area (Å²) < 4.78 is 13.4. The number of anilines is 2. The van der Waals surface area contributed by atoms with Crippen LogP contribution in [-0.2, 0) is 0 Å². The fourth-order valence-electron chi connectivity index (χ4n) is 1.70. The number of aryl methyl sites for hydroxylation is 2. The van der Waals surface area contributed by atoms with E-state index in [0.29, 0.717) is 16.8 Å². The van der Waals surface area contributed by atoms with E-state index in [9.17, 15) is 4.39 Å². The van der Waals surface area contributed by atoms with Gasteiger partial charge in [-0.15, -0.1) is 0 Å². The van der Waals surface area contributed by atoms with E-state index in [4.69, 9.17) is 5.26 Å². The number of hydrogen-bond acceptors (Lipinski definition) is 2. The first-order chi connectivity index (χ1) is 8.60. The highest BCUT2D eigenvalue weighted by molar-refractivity contribution is 5.62. The van der Waals surface area contributed by atoms with Gasteiger partial charge in [-0.05, 0) is 55.3 Å². The fourth-order valence-corrected chi connectivity index (χ4v) is 1.70. The van der Waals surface area contributed by atoms with Crippen molar-refractivity contribution < 1.29 is 4.39 Å². The lowest BCUT2D eigenvalue weighted by Crippen LogP contribution is -1.93. The standard InChI is InChI=1S/C15H13FN2/c1-10-3-5-14(8-15(10)16)18-13-6-4-12(9-17)11(2)7-13/h3-8,18H,1-2H3. The largest absolute Gasteiger partial charge is 0.355 e. The third-order valence-electron chi connectivity index (χ3n) is 2.81. The number of nitriles is 1. The molecule has 0 fully saturated rings. The van der Waals surface area contributed by atoms with E-state index in [1.807, 2.05) is 25.1 Å². The summed E-state index contributed by atoms with van der Waals surface area (Å²) in [5.41, 5.74) is 3.71. The van der Waals surface area contributed by atoms with Crippen LogP contribution in [0.5, 0.6) is 0 Å². The Kier molecular flexibility index (Phi) is 3.29. The molecule has 1 N–H and O–H groups in total. The molecule has 0 saturated heterocycles. The molecule has 0 bridgehead atoms. The van der Waals surface area contributed by atoms with Crippen molar-refractivity contribution in [2.24, 2.45) is 0 Å². The highest BCUT2D eigenvalue weighted by Gasteiger charge is 2.02. The molecular formula is C15H13FN2. The Hall–Kier alpha value is -2.34. The molecular weight excluding hydrogens is 227 g/mol. The van der Waals surface area contributed by atoms with Gasteiger partial charge in [-0.1, -0.05) is 6.07 Å². The maximum Gasteiger partial charge on any atom is 0.128 e. The molecule has 0 atom stereocenters. The third-order valence-corrected chi connectivity index (χ3v) is 2.81. The Morgan fingerprint density at radius 2 is 1.67 bits per heavy atom. The Labute approximate surface area is 106 Å². The minimum Gasteiger partial charge on any atom is -0.355 e. The van der Waals surface area contributed by atoms with Crippen LogP contribution >= 0.6 is 0 Å². The molecule has 0 amide bonds. The lowest BCUT2D eigenvalue weighted by atomic mass is 10.1. The number of nitrogens with zero attached hydrogens (tertiary/aromatic N) is 1. The molecule has 2 aromatic carbocycles. The second kappa shape index (κ2) is 4.89. The normalized spacial score (nSPS) is 9.89. The molecule has 18 heavy (non-hydrogen) atoms. The van der Waals surface area contributed by atoms with E-state index < -0.39 is 0 Å². The van der Waals surface area contributed by atoms with E-state index in [-0.39, 0.29) is 5.82 Å². The van der Waals surface area contributed by atoms with E-state index in [0.717, 1.165) is 11.3 Å². The molecule has 2 aromatic rings. The molecule has 3 heteroatoms. The summed E-state index contributed by atoms with van der Waals surface area (Å²) in [5.74, 6) is -0.231. The first-order valence-corrected chi connectivity index (χ1v) is 5.64. The molecule has 0 heterocycles. The minimum absolute atomic E-state index is 0.231. The average Bonchev–Trinajstić information content (AvgIpc) is 2.34. The lowest BCUT2D eigenvalue weighted by molar-refractivity contribution is 0.619. The van der Waals surface area contributed by atoms with Crippen molar-refractivity contribution in [2.45, 2.75) is 13.8 Å². The van der Waals surface area contributed by atoms with Crippen molar-refractivity contribution in [1.82, 2.24) is 0 Å². The molecule has 0 saturated carbocycles. The summed E-state index contributed by atoms with van der Waals surface area (Å²) in [6.07, 6.45) is 0. The second-order valence-corrected chi connectivity index (χ2v) is 4.23. The number of hydrogen-bond donors (Lipinski definition) is 1. The van der Waals surface area contributed by atoms with Crippen molar-refractivity contribution in [3.05, 3.63) is 58.9 Å². The van der Waals surface area contributed by atoms with Crippen molar-refractivity contribution in [3.63, 3.8) is 0 Å². The SMILES string of the molecule is Cc1ccc(Nc2ccc(C#N)c(C)c2)cc1F. The molecule has 90 valence electrons. The van der Waals surface area contributed by atoms with Gasteiger partial charge in [0.1, 0.15) is 5.82 Å². The monoisotopic (exact) mass is 240 g/mol. The van der Waals surface area contributed by atoms with E-state index in [2.05, 4.69) is 11.4 Å². The zero-order valence-electron chi connectivity index (χ0n) is 10.3. The van der Waals surface area contributed by atoms with Crippen molar-refractivity contribution in [2.75, 3.05) is 5.32 Å². The molecule has 0 spiro atoms. The summed E-state index contributed by atoms with van der Waals surface area (Å²) in [6, 6.07) is 12.6. The van der Waals surface area contributed by atoms with Crippen LogP contribution in [0.4, 0.5) is 15.8 Å². The third kappa shape index (κ3) is 2.49. The quantitative estimate of drug-likeness (QED) is 0.859. The van der Waals surface area contributed by atoms with Crippen LogP contribution in [0, 0.1) is 31.0 Å². The average molecular weight is 240 g/mol. The van der Waals surface area contributed by atoms with Crippen LogP contribution in [0.2, 0.25) is 0 Å². The highest BCUT2D eigenvalue weighted by atomic mass is 19.1. The molecule has 0 aliphatic heterocycles. The van der Waals surface area contributed by atoms with Crippen molar-refractivity contribution in [3.8, 4) is 6.07 Å². The van der Waals surface area contributed by atoms with Gasteiger partial charge in [0.15, 0.2) is 0 Å². The molecule has 0 radical (unpaired) electrons. The molecule has 0 unspecified atom stereocenters. The van der Waals surface area contributed by atoms with Gasteiger partial charge in [0.05, 0.1) is 11.6 Å². The second-order valence-electron chi connectivity index (χ2n) is 4.23. The summed E-state index contributed by atoms with van der Waals surface area (Å²) >= 11 is 0. The van der Waals surface area contributed by atoms with Crippen molar-refractivity contribution in [1.29, 1.82) is 5.26 Å². The minimum atomic E-state index is -0.231. The number of rotatable bonds is 2. The topological polar surface area (TPSA) is 35.8 Å². The zero-order chi connectivity index (χ0) is 13.1. The Morgan fingerprint density at radius 1 is 1.00 bits per heavy atom. The van der Waals surface area contributed by atoms with Gasteiger partial charge in [0.2, 0.25) is 0 Å². The first kappa shape index (κ1) is 12.1. The van der Waals surface area contributed by atoms with E-state index in [1.54, 1.807) is 19.1 Å². The molecule has 0 aliphatic rings. The summed E-state index contributed by atoms with van der Waals surface area (Å²) in [4.78, 5) is 0.